The Morgan fingerprint density at radius 3 is 2.82 bits per heavy atom. The van der Waals surface area contributed by atoms with E-state index in [2.05, 4.69) is 23.6 Å². The zero-order chi connectivity index (χ0) is 15.9. The van der Waals surface area contributed by atoms with Crippen LogP contribution in [0.1, 0.15) is 31.9 Å². The van der Waals surface area contributed by atoms with Crippen LogP contribution in [0.5, 0.6) is 5.75 Å². The minimum absolute atomic E-state index is 0.442. The maximum absolute atomic E-state index is 10.5. The van der Waals surface area contributed by atoms with Crippen LogP contribution in [0, 0.1) is 5.92 Å². The van der Waals surface area contributed by atoms with Crippen LogP contribution >= 0.6 is 0 Å². The Morgan fingerprint density at radius 1 is 1.36 bits per heavy atom. The first-order chi connectivity index (χ1) is 10.7. The number of rotatable bonds is 8. The first kappa shape index (κ1) is 17.3. The average Bonchev–Trinajstić information content (AvgIpc) is 2.99. The number of aliphatic hydroxyl groups is 1. The molecule has 2 atom stereocenters. The van der Waals surface area contributed by atoms with Crippen molar-refractivity contribution in [3.63, 3.8) is 0 Å². The van der Waals surface area contributed by atoms with Gasteiger partial charge in [0.2, 0.25) is 0 Å². The predicted octanol–water partition coefficient (Wildman–Crippen LogP) is 2.39. The molecule has 0 amide bonds. The van der Waals surface area contributed by atoms with E-state index < -0.39 is 6.10 Å². The molecule has 1 heterocycles. The zero-order valence-electron chi connectivity index (χ0n) is 14.2. The highest BCUT2D eigenvalue weighted by Gasteiger charge is 2.25. The summed E-state index contributed by atoms with van der Waals surface area (Å²) in [4.78, 5) is 4.88. The SMILES string of the molecule is CCN(CC)CC1CCN(CC(O)c2cccc(OC)c2)C1. The quantitative estimate of drug-likeness (QED) is 0.800. The van der Waals surface area contributed by atoms with Gasteiger partial charge in [0.05, 0.1) is 13.2 Å². The molecule has 22 heavy (non-hydrogen) atoms. The fourth-order valence-corrected chi connectivity index (χ4v) is 3.27. The van der Waals surface area contributed by atoms with E-state index in [0.717, 1.165) is 43.4 Å². The zero-order valence-corrected chi connectivity index (χ0v) is 14.2. The molecule has 1 aromatic carbocycles. The Labute approximate surface area is 134 Å². The molecule has 1 aliphatic heterocycles. The molecule has 0 aliphatic carbocycles. The van der Waals surface area contributed by atoms with Gasteiger partial charge in [-0.2, -0.15) is 0 Å². The normalized spacial score (nSPS) is 20.5. The summed E-state index contributed by atoms with van der Waals surface area (Å²) in [5, 5.41) is 10.5. The number of methoxy groups -OCH3 is 1. The molecule has 4 nitrogen and oxygen atoms in total. The van der Waals surface area contributed by atoms with Gasteiger partial charge >= 0.3 is 0 Å². The molecule has 0 aromatic heterocycles. The standard InChI is InChI=1S/C18H30N2O2/c1-4-19(5-2)12-15-9-10-20(13-15)14-18(21)16-7-6-8-17(11-16)22-3/h6-8,11,15,18,21H,4-5,9-10,12-14H2,1-3H3. The van der Waals surface area contributed by atoms with Gasteiger partial charge in [0.1, 0.15) is 5.75 Å². The van der Waals surface area contributed by atoms with E-state index >= 15 is 0 Å². The van der Waals surface area contributed by atoms with Crippen molar-refractivity contribution in [3.05, 3.63) is 29.8 Å². The molecule has 124 valence electrons. The first-order valence-corrected chi connectivity index (χ1v) is 8.43. The molecular formula is C18H30N2O2. The number of β-amino-alcohol motifs (C(OH)–C–C–N with tert-alkyl or cyclic N) is 1. The number of aliphatic hydroxyl groups excluding tert-OH is 1. The largest absolute Gasteiger partial charge is 0.497 e. The summed E-state index contributed by atoms with van der Waals surface area (Å²) in [5.41, 5.74) is 0.937. The van der Waals surface area contributed by atoms with Crippen LogP contribution in [0.4, 0.5) is 0 Å². The van der Waals surface area contributed by atoms with Gasteiger partial charge in [-0.25, -0.2) is 0 Å². The number of hydrogen-bond donors (Lipinski definition) is 1. The molecule has 0 radical (unpaired) electrons. The Hall–Kier alpha value is -1.10. The summed E-state index contributed by atoms with van der Waals surface area (Å²) >= 11 is 0. The van der Waals surface area contributed by atoms with Gasteiger partial charge in [0.25, 0.3) is 0 Å². The fraction of sp³-hybridized carbons (Fsp3) is 0.667. The molecule has 1 aromatic rings. The number of benzene rings is 1. The molecule has 0 bridgehead atoms. The van der Waals surface area contributed by atoms with E-state index in [1.165, 1.54) is 13.0 Å². The van der Waals surface area contributed by atoms with Crippen LogP contribution in [-0.2, 0) is 0 Å². The molecule has 2 unspecified atom stereocenters. The lowest BCUT2D eigenvalue weighted by Crippen LogP contribution is -2.32. The van der Waals surface area contributed by atoms with Crippen molar-refractivity contribution in [2.75, 3.05) is 46.4 Å². The summed E-state index contributed by atoms with van der Waals surface area (Å²) in [7, 11) is 1.66. The second kappa shape index (κ2) is 8.51. The average molecular weight is 306 g/mol. The van der Waals surface area contributed by atoms with E-state index in [1.54, 1.807) is 7.11 Å². The third-order valence-corrected chi connectivity index (χ3v) is 4.69. The van der Waals surface area contributed by atoms with Crippen molar-refractivity contribution in [1.29, 1.82) is 0 Å². The third-order valence-electron chi connectivity index (χ3n) is 4.69. The van der Waals surface area contributed by atoms with Crippen molar-refractivity contribution in [2.24, 2.45) is 5.92 Å². The molecule has 0 saturated carbocycles. The minimum atomic E-state index is -0.442. The Kier molecular flexibility index (Phi) is 6.68. The first-order valence-electron chi connectivity index (χ1n) is 8.43. The molecule has 4 heteroatoms. The monoisotopic (exact) mass is 306 g/mol. The topological polar surface area (TPSA) is 35.9 Å². The van der Waals surface area contributed by atoms with Gasteiger partial charge < -0.3 is 19.6 Å². The Morgan fingerprint density at radius 2 is 2.14 bits per heavy atom. The maximum atomic E-state index is 10.5. The molecule has 1 N–H and O–H groups in total. The van der Waals surface area contributed by atoms with Crippen LogP contribution in [0.2, 0.25) is 0 Å². The van der Waals surface area contributed by atoms with E-state index in [0.29, 0.717) is 6.54 Å². The lowest BCUT2D eigenvalue weighted by atomic mass is 10.1. The number of ether oxygens (including phenoxy) is 1. The molecular weight excluding hydrogens is 276 g/mol. The van der Waals surface area contributed by atoms with Crippen molar-refractivity contribution >= 4 is 0 Å². The number of hydrogen-bond acceptors (Lipinski definition) is 4. The second-order valence-corrected chi connectivity index (χ2v) is 6.19. The number of nitrogens with zero attached hydrogens (tertiary/aromatic N) is 2. The van der Waals surface area contributed by atoms with E-state index in [4.69, 9.17) is 4.74 Å². The smallest absolute Gasteiger partial charge is 0.119 e. The highest BCUT2D eigenvalue weighted by molar-refractivity contribution is 5.29. The fourth-order valence-electron chi connectivity index (χ4n) is 3.27. The van der Waals surface area contributed by atoms with Gasteiger partial charge in [-0.1, -0.05) is 26.0 Å². The summed E-state index contributed by atoms with van der Waals surface area (Å²) < 4.78 is 5.23. The van der Waals surface area contributed by atoms with Gasteiger partial charge in [-0.05, 0) is 49.7 Å². The summed E-state index contributed by atoms with van der Waals surface area (Å²) in [6, 6.07) is 7.74. The highest BCUT2D eigenvalue weighted by Crippen LogP contribution is 2.23. The van der Waals surface area contributed by atoms with Crippen molar-refractivity contribution in [3.8, 4) is 5.75 Å². The molecule has 1 saturated heterocycles. The third kappa shape index (κ3) is 4.70. The van der Waals surface area contributed by atoms with E-state index in [1.807, 2.05) is 24.3 Å². The summed E-state index contributed by atoms with van der Waals surface area (Å²) in [6.07, 6.45) is 0.795. The van der Waals surface area contributed by atoms with Crippen LogP contribution < -0.4 is 4.74 Å². The Bertz CT molecular complexity index is 448. The van der Waals surface area contributed by atoms with Crippen LogP contribution in [0.15, 0.2) is 24.3 Å². The van der Waals surface area contributed by atoms with Gasteiger partial charge in [-0.15, -0.1) is 0 Å². The molecule has 1 aliphatic rings. The highest BCUT2D eigenvalue weighted by atomic mass is 16.5. The summed E-state index contributed by atoms with van der Waals surface area (Å²) in [5.74, 6) is 1.54. The lowest BCUT2D eigenvalue weighted by Gasteiger charge is -2.24. The van der Waals surface area contributed by atoms with Crippen molar-refractivity contribution in [1.82, 2.24) is 9.80 Å². The van der Waals surface area contributed by atoms with Crippen molar-refractivity contribution < 1.29 is 9.84 Å². The van der Waals surface area contributed by atoms with Crippen molar-refractivity contribution in [2.45, 2.75) is 26.4 Å². The van der Waals surface area contributed by atoms with Gasteiger partial charge in [-0.3, -0.25) is 0 Å². The molecule has 0 spiro atoms. The van der Waals surface area contributed by atoms with E-state index in [-0.39, 0.29) is 0 Å². The Balaban J connectivity index is 1.84. The lowest BCUT2D eigenvalue weighted by molar-refractivity contribution is 0.122. The van der Waals surface area contributed by atoms with Crippen LogP contribution in [0.25, 0.3) is 0 Å². The van der Waals surface area contributed by atoms with Gasteiger partial charge in [0.15, 0.2) is 0 Å². The second-order valence-electron chi connectivity index (χ2n) is 6.19. The van der Waals surface area contributed by atoms with Crippen LogP contribution in [0.3, 0.4) is 0 Å². The van der Waals surface area contributed by atoms with E-state index in [9.17, 15) is 5.11 Å². The predicted molar refractivity (Wildman–Crippen MR) is 90.3 cm³/mol. The van der Waals surface area contributed by atoms with Crippen LogP contribution in [-0.4, -0.2) is 61.3 Å². The van der Waals surface area contributed by atoms with Gasteiger partial charge in [0, 0.05) is 19.6 Å². The summed E-state index contributed by atoms with van der Waals surface area (Å²) in [6.45, 7) is 10.8. The minimum Gasteiger partial charge on any atom is -0.497 e. The molecule has 1 fully saturated rings. The number of likely N-dealkylation sites (tertiary alicyclic amines) is 1. The molecule has 2 rings (SSSR count). The maximum Gasteiger partial charge on any atom is 0.119 e.